The zero-order valence-corrected chi connectivity index (χ0v) is 21.4. The molecule has 1 amide bonds. The average molecular weight is 534 g/mol. The van der Waals surface area contributed by atoms with Crippen LogP contribution in [0.5, 0.6) is 0 Å². The molecule has 0 saturated heterocycles. The number of anilines is 1. The van der Waals surface area contributed by atoms with Gasteiger partial charge in [-0.15, -0.1) is 5.10 Å². The lowest BCUT2D eigenvalue weighted by molar-refractivity contribution is 0.0941. The molecule has 196 valence electrons. The molecule has 0 radical (unpaired) electrons. The van der Waals surface area contributed by atoms with E-state index in [9.17, 15) is 9.59 Å². The Labute approximate surface area is 235 Å². The number of carbonyl (C=O) groups is 1. The molecule has 3 N–H and O–H groups in total. The number of nitrogens with zero attached hydrogens (tertiary/aromatic N) is 6. The van der Waals surface area contributed by atoms with Gasteiger partial charge >= 0.3 is 0 Å². The lowest BCUT2D eigenvalue weighted by Gasteiger charge is -2.21. The molecule has 0 bridgehead atoms. The van der Waals surface area contributed by atoms with Crippen molar-refractivity contribution in [3.05, 3.63) is 118 Å². The molecule has 0 saturated carbocycles. The monoisotopic (exact) mass is 533 g/mol. The topological polar surface area (TPSA) is 125 Å². The van der Waals surface area contributed by atoms with Crippen molar-refractivity contribution in [3.63, 3.8) is 0 Å². The van der Waals surface area contributed by atoms with Crippen LogP contribution in [-0.4, -0.2) is 34.9 Å². The van der Waals surface area contributed by atoms with Gasteiger partial charge in [0, 0.05) is 42.6 Å². The van der Waals surface area contributed by atoms with Crippen LogP contribution in [0.1, 0.15) is 47.1 Å². The van der Waals surface area contributed by atoms with E-state index in [0.29, 0.717) is 16.6 Å². The fourth-order valence-electron chi connectivity index (χ4n) is 4.47. The van der Waals surface area contributed by atoms with Gasteiger partial charge in [0.1, 0.15) is 11.3 Å². The highest BCUT2D eigenvalue weighted by molar-refractivity contribution is 6.04. The Morgan fingerprint density at radius 1 is 1.10 bits per heavy atom. The number of rotatable bonds is 4. The summed E-state index contributed by atoms with van der Waals surface area (Å²) in [6, 6.07) is 6.08. The van der Waals surface area contributed by atoms with E-state index in [1.165, 1.54) is 10.7 Å². The summed E-state index contributed by atoms with van der Waals surface area (Å²) in [6.07, 6.45) is 4.81. The molecular weight excluding hydrogens is 504 g/mol. The maximum absolute atomic E-state index is 14.4. The Kier molecular flexibility index (Phi) is 4.79. The molecule has 0 unspecified atom stereocenters. The van der Waals surface area contributed by atoms with Gasteiger partial charge in [-0.05, 0) is 54.6 Å². The van der Waals surface area contributed by atoms with Crippen LogP contribution in [0.15, 0.2) is 90.0 Å². The predicted molar refractivity (Wildman–Crippen MR) is 152 cm³/mol. The summed E-state index contributed by atoms with van der Waals surface area (Å²) in [5, 5.41) is 11.8. The highest BCUT2D eigenvalue weighted by Crippen LogP contribution is 2.24. The molecule has 4 aromatic heterocycles. The minimum Gasteiger partial charge on any atom is -0.381 e. The average Bonchev–Trinajstić information content (AvgIpc) is 3.60. The van der Waals surface area contributed by atoms with E-state index >= 15 is 0 Å². The van der Waals surface area contributed by atoms with E-state index in [-0.39, 0.29) is 33.8 Å². The number of carbonyl (C=O) groups excluding carboxylic acids is 1. The third kappa shape index (κ3) is 4.35. The third-order valence-electron chi connectivity index (χ3n) is 6.27. The van der Waals surface area contributed by atoms with Crippen LogP contribution >= 0.6 is 0 Å². The summed E-state index contributed by atoms with van der Waals surface area (Å²) in [7, 11) is 1.75. The Bertz CT molecular complexity index is 2290. The van der Waals surface area contributed by atoms with Crippen molar-refractivity contribution in [2.24, 2.45) is 7.05 Å². The van der Waals surface area contributed by atoms with Gasteiger partial charge in [-0.2, -0.15) is 5.10 Å². The fraction of sp³-hybridized carbons (Fsp3) is 0.100. The molecule has 0 aliphatic heterocycles. The van der Waals surface area contributed by atoms with E-state index < -0.39 is 47.7 Å². The number of nitrogens with one attached hydrogen (secondary N) is 1. The van der Waals surface area contributed by atoms with E-state index in [0.717, 1.165) is 4.57 Å². The van der Waals surface area contributed by atoms with Gasteiger partial charge in [-0.25, -0.2) is 9.50 Å². The number of pyridine rings is 1. The second-order valence-corrected chi connectivity index (χ2v) is 8.92. The number of fused-ring (bicyclic) bond motifs is 2. The molecule has 6 rings (SSSR count). The minimum atomic E-state index is -0.936. The first-order valence-corrected chi connectivity index (χ1v) is 12.1. The van der Waals surface area contributed by atoms with E-state index in [4.69, 9.17) is 12.6 Å². The second kappa shape index (κ2) is 9.89. The summed E-state index contributed by atoms with van der Waals surface area (Å²) < 4.78 is 45.9. The van der Waals surface area contributed by atoms with Gasteiger partial charge in [0.05, 0.1) is 18.3 Å². The molecule has 1 atom stereocenters. The Hall–Kier alpha value is -5.69. The molecule has 0 aliphatic rings. The molecule has 2 aromatic carbocycles. The molecule has 0 fully saturated rings. The zero-order chi connectivity index (χ0) is 32.2. The molecular formula is C30H24N8O2. The maximum Gasteiger partial charge on any atom is 0.264 e. The van der Waals surface area contributed by atoms with Crippen LogP contribution in [0.2, 0.25) is 0 Å². The summed E-state index contributed by atoms with van der Waals surface area (Å²) >= 11 is 0. The third-order valence-corrected chi connectivity index (χ3v) is 6.27. The number of amides is 1. The SMILES string of the molecule is [2H]c1c([2H])c([2H])c(-n2c([C@H](C)NC(=O)c3c(N)nn4cccnc34)cc3cccc(C#Cc4ccn(C)n4)c3c2=O)c([2H])c1[2H]. The van der Waals surface area contributed by atoms with Crippen LogP contribution in [0.3, 0.4) is 0 Å². The van der Waals surface area contributed by atoms with Crippen LogP contribution < -0.4 is 16.6 Å². The first-order valence-electron chi connectivity index (χ1n) is 14.6. The van der Waals surface area contributed by atoms with Crippen LogP contribution in [-0.2, 0) is 7.05 Å². The van der Waals surface area contributed by atoms with Crippen molar-refractivity contribution >= 4 is 28.1 Å². The number of hydrogen-bond acceptors (Lipinski definition) is 6. The van der Waals surface area contributed by atoms with E-state index in [1.54, 1.807) is 67.4 Å². The lowest BCUT2D eigenvalue weighted by atomic mass is 10.0. The molecule has 10 heteroatoms. The molecule has 4 heterocycles. The van der Waals surface area contributed by atoms with Gasteiger partial charge in [0.15, 0.2) is 11.5 Å². The van der Waals surface area contributed by atoms with Gasteiger partial charge in [0.2, 0.25) is 0 Å². The van der Waals surface area contributed by atoms with Crippen molar-refractivity contribution in [2.45, 2.75) is 13.0 Å². The van der Waals surface area contributed by atoms with Crippen molar-refractivity contribution in [3.8, 4) is 17.5 Å². The number of aromatic nitrogens is 6. The number of benzene rings is 2. The summed E-state index contributed by atoms with van der Waals surface area (Å²) in [6.45, 7) is 1.60. The van der Waals surface area contributed by atoms with Gasteiger partial charge < -0.3 is 11.1 Å². The first-order chi connectivity index (χ1) is 21.5. The summed E-state index contributed by atoms with van der Waals surface area (Å²) in [5.41, 5.74) is 6.21. The normalized spacial score (nSPS) is 13.5. The first kappa shape index (κ1) is 19.4. The summed E-state index contributed by atoms with van der Waals surface area (Å²) in [4.78, 5) is 32.2. The highest BCUT2D eigenvalue weighted by Gasteiger charge is 2.24. The highest BCUT2D eigenvalue weighted by atomic mass is 16.2. The van der Waals surface area contributed by atoms with Crippen LogP contribution in [0, 0.1) is 11.8 Å². The number of hydrogen-bond donors (Lipinski definition) is 2. The number of para-hydroxylation sites is 1. The maximum atomic E-state index is 14.4. The lowest BCUT2D eigenvalue weighted by Crippen LogP contribution is -2.32. The van der Waals surface area contributed by atoms with Gasteiger partial charge in [-0.3, -0.25) is 18.8 Å². The number of nitrogen functional groups attached to an aromatic ring is 1. The number of nitrogens with two attached hydrogens (primary N) is 1. The summed E-state index contributed by atoms with van der Waals surface area (Å²) in [5.74, 6) is 5.23. The predicted octanol–water partition coefficient (Wildman–Crippen LogP) is 3.24. The van der Waals surface area contributed by atoms with Gasteiger partial charge in [-0.1, -0.05) is 36.2 Å². The number of aryl methyl sites for hydroxylation is 1. The van der Waals surface area contributed by atoms with Crippen molar-refractivity contribution in [1.29, 1.82) is 0 Å². The van der Waals surface area contributed by atoms with Crippen molar-refractivity contribution < 1.29 is 11.6 Å². The van der Waals surface area contributed by atoms with E-state index in [1.807, 2.05) is 0 Å². The molecule has 0 aliphatic carbocycles. The van der Waals surface area contributed by atoms with Crippen molar-refractivity contribution in [1.82, 2.24) is 34.3 Å². The van der Waals surface area contributed by atoms with Crippen molar-refractivity contribution in [2.75, 3.05) is 5.73 Å². The Morgan fingerprint density at radius 3 is 2.70 bits per heavy atom. The smallest absolute Gasteiger partial charge is 0.264 e. The minimum absolute atomic E-state index is 0.0204. The van der Waals surface area contributed by atoms with Crippen LogP contribution in [0.4, 0.5) is 5.82 Å². The molecule has 10 nitrogen and oxygen atoms in total. The zero-order valence-electron chi connectivity index (χ0n) is 26.4. The molecule has 40 heavy (non-hydrogen) atoms. The largest absolute Gasteiger partial charge is 0.381 e. The molecule has 0 spiro atoms. The fourth-order valence-corrected chi connectivity index (χ4v) is 4.47. The Morgan fingerprint density at radius 2 is 1.93 bits per heavy atom. The quantitative estimate of drug-likeness (QED) is 0.335. The van der Waals surface area contributed by atoms with E-state index in [2.05, 4.69) is 32.3 Å². The second-order valence-electron chi connectivity index (χ2n) is 8.92. The van der Waals surface area contributed by atoms with Crippen LogP contribution in [0.25, 0.3) is 22.1 Å². The molecule has 6 aromatic rings. The standard InChI is InChI=1S/C30H24N8O2/c1-19(33-29(39)26-27(31)35-37-16-7-15-32-28(26)37)24-18-21-9-6-8-20(12-13-22-14-17-36(2)34-22)25(21)30(40)38(24)23-10-4-3-5-11-23/h3-11,14-19H,1-2H3,(H2,31,35)(H,33,39)/t19-/m0/s1/i3D,4D,5D,10D,11D. The van der Waals surface area contributed by atoms with Gasteiger partial charge in [0.25, 0.3) is 11.5 Å². The Balaban J connectivity index is 1.58.